The Morgan fingerprint density at radius 3 is 1.72 bits per heavy atom. The zero-order valence-corrected chi connectivity index (χ0v) is 31.0. The molecule has 0 saturated heterocycles. The summed E-state index contributed by atoms with van der Waals surface area (Å²) < 4.78 is 8.64. The number of rotatable bonds is 5. The van der Waals surface area contributed by atoms with Crippen LogP contribution in [0.15, 0.2) is 193 Å². The Morgan fingerprint density at radius 2 is 0.966 bits per heavy atom. The predicted molar refractivity (Wildman–Crippen MR) is 236 cm³/mol. The highest BCUT2D eigenvalue weighted by Crippen LogP contribution is 2.39. The zero-order valence-electron chi connectivity index (χ0n) is 31.0. The maximum atomic E-state index is 6.27. The van der Waals surface area contributed by atoms with Crippen molar-refractivity contribution in [2.75, 3.05) is 0 Å². The molecule has 0 saturated carbocycles. The average Bonchev–Trinajstić information content (AvgIpc) is 3.84. The lowest BCUT2D eigenvalue weighted by atomic mass is 9.99. The fourth-order valence-electron chi connectivity index (χ4n) is 8.58. The first-order valence-electron chi connectivity index (χ1n) is 19.4. The Hall–Kier alpha value is -7.96. The van der Waals surface area contributed by atoms with E-state index in [1.54, 1.807) is 12.4 Å². The van der Waals surface area contributed by atoms with Gasteiger partial charge in [-0.25, -0.2) is 15.0 Å². The number of pyridine rings is 1. The normalized spacial score (nSPS) is 11.8. The van der Waals surface area contributed by atoms with E-state index in [9.17, 15) is 0 Å². The molecule has 12 rings (SSSR count). The molecular formula is C52H31N5O. The second-order valence-electron chi connectivity index (χ2n) is 14.7. The molecule has 0 aliphatic rings. The molecule has 4 heterocycles. The maximum Gasteiger partial charge on any atom is 0.164 e. The number of hydrogen-bond donors (Lipinski definition) is 0. The molecule has 58 heavy (non-hydrogen) atoms. The van der Waals surface area contributed by atoms with Crippen LogP contribution in [0.2, 0.25) is 0 Å². The van der Waals surface area contributed by atoms with E-state index in [4.69, 9.17) is 19.4 Å². The van der Waals surface area contributed by atoms with Gasteiger partial charge in [0.05, 0.1) is 22.9 Å². The van der Waals surface area contributed by atoms with Gasteiger partial charge in [-0.3, -0.25) is 4.98 Å². The lowest BCUT2D eigenvalue weighted by molar-refractivity contribution is 0.667. The van der Waals surface area contributed by atoms with Crippen molar-refractivity contribution < 1.29 is 4.42 Å². The number of furan rings is 1. The molecule has 270 valence electrons. The topological polar surface area (TPSA) is 69.6 Å². The fraction of sp³-hybridized carbons (Fsp3) is 0. The Kier molecular flexibility index (Phi) is 7.13. The van der Waals surface area contributed by atoms with E-state index in [0.29, 0.717) is 17.5 Å². The summed E-state index contributed by atoms with van der Waals surface area (Å²) in [7, 11) is 0. The molecule has 0 aliphatic carbocycles. The van der Waals surface area contributed by atoms with Crippen LogP contribution in [0.4, 0.5) is 0 Å². The minimum Gasteiger partial charge on any atom is -0.454 e. The van der Waals surface area contributed by atoms with E-state index in [2.05, 4.69) is 167 Å². The van der Waals surface area contributed by atoms with Crippen LogP contribution in [-0.2, 0) is 0 Å². The van der Waals surface area contributed by atoms with Crippen molar-refractivity contribution in [3.05, 3.63) is 188 Å². The van der Waals surface area contributed by atoms with Crippen LogP contribution in [0.5, 0.6) is 0 Å². The number of fused-ring (bicyclic) bond motifs is 8. The van der Waals surface area contributed by atoms with Crippen LogP contribution in [0.3, 0.4) is 0 Å². The van der Waals surface area contributed by atoms with Gasteiger partial charge >= 0.3 is 0 Å². The van der Waals surface area contributed by atoms with E-state index in [0.717, 1.165) is 76.9 Å². The quantitative estimate of drug-likeness (QED) is 0.176. The largest absolute Gasteiger partial charge is 0.454 e. The van der Waals surface area contributed by atoms with Crippen LogP contribution in [-0.4, -0.2) is 24.5 Å². The van der Waals surface area contributed by atoms with Gasteiger partial charge in [-0.05, 0) is 81.9 Å². The van der Waals surface area contributed by atoms with Crippen molar-refractivity contribution in [1.29, 1.82) is 0 Å². The van der Waals surface area contributed by atoms with Crippen molar-refractivity contribution in [3.63, 3.8) is 0 Å². The van der Waals surface area contributed by atoms with E-state index in [-0.39, 0.29) is 0 Å². The van der Waals surface area contributed by atoms with Gasteiger partial charge in [-0.1, -0.05) is 121 Å². The smallest absolute Gasteiger partial charge is 0.164 e. The average molecular weight is 742 g/mol. The molecule has 0 unspecified atom stereocenters. The Labute approximate surface area is 332 Å². The molecule has 6 heteroatoms. The van der Waals surface area contributed by atoms with Crippen LogP contribution in [0.1, 0.15) is 0 Å². The van der Waals surface area contributed by atoms with E-state index < -0.39 is 0 Å². The minimum absolute atomic E-state index is 0.565. The molecule has 0 aliphatic heterocycles. The molecule has 0 N–H and O–H groups in total. The molecule has 12 aromatic rings. The lowest BCUT2D eigenvalue weighted by Gasteiger charge is -2.15. The second-order valence-corrected chi connectivity index (χ2v) is 14.7. The van der Waals surface area contributed by atoms with Gasteiger partial charge in [0.15, 0.2) is 23.1 Å². The SMILES string of the molecule is c1ccc(-c2ccc3cc(-c4nc(-c5ccc6c(c5)oc5cnccc56)nc(-c5ccc(-n6c7ccccc7c7ccccc76)c6ccccc56)n4)ccc3c2)cc1. The monoisotopic (exact) mass is 741 g/mol. The summed E-state index contributed by atoms with van der Waals surface area (Å²) in [5.74, 6) is 1.76. The number of para-hydroxylation sites is 2. The zero-order chi connectivity index (χ0) is 38.2. The van der Waals surface area contributed by atoms with Gasteiger partial charge in [0.2, 0.25) is 0 Å². The Balaban J connectivity index is 1.06. The summed E-state index contributed by atoms with van der Waals surface area (Å²) in [6.07, 6.45) is 3.55. The first-order valence-corrected chi connectivity index (χ1v) is 19.4. The van der Waals surface area contributed by atoms with Gasteiger partial charge in [-0.2, -0.15) is 0 Å². The van der Waals surface area contributed by atoms with Crippen molar-refractivity contribution in [2.45, 2.75) is 0 Å². The third-order valence-corrected chi connectivity index (χ3v) is 11.3. The second kappa shape index (κ2) is 12.8. The number of nitrogens with zero attached hydrogens (tertiary/aromatic N) is 5. The Morgan fingerprint density at radius 1 is 0.379 bits per heavy atom. The molecule has 4 aromatic heterocycles. The highest BCUT2D eigenvalue weighted by molar-refractivity contribution is 6.11. The van der Waals surface area contributed by atoms with Crippen LogP contribution in [0.25, 0.3) is 116 Å². The van der Waals surface area contributed by atoms with Gasteiger partial charge in [0, 0.05) is 49.8 Å². The molecule has 8 aromatic carbocycles. The Bertz CT molecular complexity index is 3530. The highest BCUT2D eigenvalue weighted by Gasteiger charge is 2.19. The van der Waals surface area contributed by atoms with Crippen molar-refractivity contribution in [1.82, 2.24) is 24.5 Å². The standard InChI is InChI=1S/C52H31N5O/c1-2-10-32(11-3-1)33-18-19-35-29-36(21-20-34(35)28-33)50-54-51(37-22-23-42-43-26-27-53-31-49(43)58-48(42)30-37)56-52(55-50)44-24-25-47(39-13-5-4-12-38(39)44)57-45-16-8-6-14-40(45)41-15-7-9-17-46(41)57/h1-31H. The number of benzene rings is 8. The van der Waals surface area contributed by atoms with Gasteiger partial charge in [-0.15, -0.1) is 0 Å². The van der Waals surface area contributed by atoms with Crippen molar-refractivity contribution in [3.8, 4) is 51.0 Å². The molecular weight excluding hydrogens is 711 g/mol. The van der Waals surface area contributed by atoms with Gasteiger partial charge in [0.1, 0.15) is 5.58 Å². The predicted octanol–water partition coefficient (Wildman–Crippen LogP) is 13.2. The van der Waals surface area contributed by atoms with Crippen molar-refractivity contribution in [2.24, 2.45) is 0 Å². The first-order chi connectivity index (χ1) is 28.7. The highest BCUT2D eigenvalue weighted by atomic mass is 16.3. The van der Waals surface area contributed by atoms with Crippen LogP contribution >= 0.6 is 0 Å². The van der Waals surface area contributed by atoms with E-state index in [1.807, 2.05) is 18.2 Å². The van der Waals surface area contributed by atoms with Crippen LogP contribution < -0.4 is 0 Å². The first kappa shape index (κ1) is 32.3. The van der Waals surface area contributed by atoms with Gasteiger partial charge < -0.3 is 8.98 Å². The molecule has 6 nitrogen and oxygen atoms in total. The lowest BCUT2D eigenvalue weighted by Crippen LogP contribution is -2.02. The third kappa shape index (κ3) is 5.12. The summed E-state index contributed by atoms with van der Waals surface area (Å²) in [5, 5.41) is 8.91. The summed E-state index contributed by atoms with van der Waals surface area (Å²) in [6.45, 7) is 0. The summed E-state index contributed by atoms with van der Waals surface area (Å²) in [6, 6.07) is 61.8. The molecule has 0 spiro atoms. The summed E-state index contributed by atoms with van der Waals surface area (Å²) >= 11 is 0. The minimum atomic E-state index is 0.565. The van der Waals surface area contributed by atoms with E-state index in [1.165, 1.54) is 21.9 Å². The third-order valence-electron chi connectivity index (χ3n) is 11.3. The molecule has 0 atom stereocenters. The molecule has 0 radical (unpaired) electrons. The fourth-order valence-corrected chi connectivity index (χ4v) is 8.58. The maximum absolute atomic E-state index is 6.27. The van der Waals surface area contributed by atoms with Crippen LogP contribution in [0, 0.1) is 0 Å². The number of aromatic nitrogens is 5. The van der Waals surface area contributed by atoms with Gasteiger partial charge in [0.25, 0.3) is 0 Å². The number of hydrogen-bond acceptors (Lipinski definition) is 5. The molecule has 0 amide bonds. The van der Waals surface area contributed by atoms with Crippen molar-refractivity contribution >= 4 is 65.3 Å². The summed E-state index contributed by atoms with van der Waals surface area (Å²) in [4.78, 5) is 19.9. The molecule has 0 bridgehead atoms. The van der Waals surface area contributed by atoms with E-state index >= 15 is 0 Å². The molecule has 0 fully saturated rings. The summed E-state index contributed by atoms with van der Waals surface area (Å²) in [5.41, 5.74) is 9.96.